The second kappa shape index (κ2) is 7.76. The molecule has 2 fully saturated rings. The van der Waals surface area contributed by atoms with Gasteiger partial charge in [0.25, 0.3) is 0 Å². The molecule has 1 aromatic carbocycles. The third kappa shape index (κ3) is 4.44. The van der Waals surface area contributed by atoms with E-state index in [4.69, 9.17) is 4.74 Å². The Balaban J connectivity index is 1.20. The Morgan fingerprint density at radius 1 is 1.11 bits per heavy atom. The van der Waals surface area contributed by atoms with Gasteiger partial charge in [-0.15, -0.1) is 0 Å². The van der Waals surface area contributed by atoms with E-state index in [1.54, 1.807) is 0 Å². The SMILES string of the molecule is CC(C)(O)[C@H]1CC[C@H](NCC2CC(Oc3cccc4cccnc34)C2)CC1. The first-order valence-electron chi connectivity index (χ1n) is 10.4. The van der Waals surface area contributed by atoms with Crippen LogP contribution in [-0.4, -0.2) is 34.4 Å². The zero-order valence-corrected chi connectivity index (χ0v) is 16.5. The lowest BCUT2D eigenvalue weighted by Gasteiger charge is -2.39. The summed E-state index contributed by atoms with van der Waals surface area (Å²) in [5.74, 6) is 2.07. The number of aliphatic hydroxyl groups is 1. The molecule has 0 radical (unpaired) electrons. The molecule has 0 amide bonds. The Hall–Kier alpha value is -1.65. The van der Waals surface area contributed by atoms with Crippen LogP contribution >= 0.6 is 0 Å². The molecular formula is C23H32N2O2. The van der Waals surface area contributed by atoms with Crippen molar-refractivity contribution in [2.24, 2.45) is 11.8 Å². The molecule has 2 aromatic rings. The van der Waals surface area contributed by atoms with Crippen LogP contribution in [-0.2, 0) is 0 Å². The molecule has 4 rings (SSSR count). The lowest BCUT2D eigenvalue weighted by Crippen LogP contribution is -2.44. The number of pyridine rings is 1. The highest BCUT2D eigenvalue weighted by molar-refractivity contribution is 5.84. The second-order valence-electron chi connectivity index (χ2n) is 9.02. The minimum absolute atomic E-state index is 0.315. The molecule has 0 aliphatic heterocycles. The van der Waals surface area contributed by atoms with E-state index in [2.05, 4.69) is 22.4 Å². The smallest absolute Gasteiger partial charge is 0.145 e. The maximum absolute atomic E-state index is 10.2. The highest BCUT2D eigenvalue weighted by Gasteiger charge is 2.34. The molecule has 27 heavy (non-hydrogen) atoms. The molecule has 4 heteroatoms. The zero-order valence-electron chi connectivity index (χ0n) is 16.5. The van der Waals surface area contributed by atoms with Crippen molar-refractivity contribution in [1.29, 1.82) is 0 Å². The molecule has 0 saturated heterocycles. The summed E-state index contributed by atoms with van der Waals surface area (Å²) in [6, 6.07) is 10.8. The molecule has 2 aliphatic carbocycles. The van der Waals surface area contributed by atoms with Gasteiger partial charge in [-0.25, -0.2) is 0 Å². The maximum Gasteiger partial charge on any atom is 0.145 e. The van der Waals surface area contributed by atoms with Crippen LogP contribution < -0.4 is 10.1 Å². The summed E-state index contributed by atoms with van der Waals surface area (Å²) in [5.41, 5.74) is 0.435. The number of hydrogen-bond acceptors (Lipinski definition) is 4. The van der Waals surface area contributed by atoms with Crippen molar-refractivity contribution in [2.45, 2.75) is 70.1 Å². The fraction of sp³-hybridized carbons (Fsp3) is 0.609. The summed E-state index contributed by atoms with van der Waals surface area (Å²) >= 11 is 0. The third-order valence-corrected chi connectivity index (χ3v) is 6.50. The summed E-state index contributed by atoms with van der Waals surface area (Å²) in [5, 5.41) is 15.1. The monoisotopic (exact) mass is 368 g/mol. The largest absolute Gasteiger partial charge is 0.488 e. The average molecular weight is 369 g/mol. The van der Waals surface area contributed by atoms with Crippen molar-refractivity contribution in [2.75, 3.05) is 6.54 Å². The normalized spacial score (nSPS) is 28.7. The molecule has 2 saturated carbocycles. The van der Waals surface area contributed by atoms with E-state index in [0.717, 1.165) is 48.9 Å². The summed E-state index contributed by atoms with van der Waals surface area (Å²) in [6.45, 7) is 4.99. The highest BCUT2D eigenvalue weighted by atomic mass is 16.5. The molecule has 2 aliphatic rings. The van der Waals surface area contributed by atoms with E-state index < -0.39 is 5.60 Å². The van der Waals surface area contributed by atoms with Crippen LogP contribution in [0.25, 0.3) is 10.9 Å². The number of aromatic nitrogens is 1. The van der Waals surface area contributed by atoms with Gasteiger partial charge in [-0.1, -0.05) is 18.2 Å². The van der Waals surface area contributed by atoms with Crippen molar-refractivity contribution in [3.05, 3.63) is 36.5 Å². The Kier molecular flexibility index (Phi) is 5.38. The number of rotatable bonds is 6. The molecule has 1 aromatic heterocycles. The third-order valence-electron chi connectivity index (χ3n) is 6.50. The number of hydrogen-bond donors (Lipinski definition) is 2. The van der Waals surface area contributed by atoms with Gasteiger partial charge in [-0.2, -0.15) is 0 Å². The Morgan fingerprint density at radius 3 is 2.59 bits per heavy atom. The molecule has 1 heterocycles. The average Bonchev–Trinajstić information content (AvgIpc) is 2.63. The van der Waals surface area contributed by atoms with Crippen molar-refractivity contribution in [3.8, 4) is 5.75 Å². The summed E-state index contributed by atoms with van der Waals surface area (Å²) < 4.78 is 6.22. The van der Waals surface area contributed by atoms with Crippen LogP contribution in [0.3, 0.4) is 0 Å². The molecule has 0 unspecified atom stereocenters. The fourth-order valence-corrected chi connectivity index (χ4v) is 4.63. The van der Waals surface area contributed by atoms with Crippen molar-refractivity contribution in [1.82, 2.24) is 10.3 Å². The predicted molar refractivity (Wildman–Crippen MR) is 109 cm³/mol. The number of ether oxygens (including phenoxy) is 1. The minimum atomic E-state index is -0.528. The van der Waals surface area contributed by atoms with E-state index in [-0.39, 0.29) is 0 Å². The van der Waals surface area contributed by atoms with Crippen LogP contribution in [0.2, 0.25) is 0 Å². The predicted octanol–water partition coefficient (Wildman–Crippen LogP) is 4.31. The fourth-order valence-electron chi connectivity index (χ4n) is 4.63. The number of fused-ring (bicyclic) bond motifs is 1. The van der Waals surface area contributed by atoms with Crippen molar-refractivity contribution in [3.63, 3.8) is 0 Å². The standard InChI is InChI=1S/C23H32N2O2/c1-23(2,26)18-8-10-19(11-9-18)25-15-16-13-20(14-16)27-21-7-3-5-17-6-4-12-24-22(17)21/h3-7,12,16,18-20,25-26H,8-11,13-15H2,1-2H3/t16?,18-,19-,20?. The second-order valence-corrected chi connectivity index (χ2v) is 9.02. The van der Waals surface area contributed by atoms with Crippen LogP contribution in [0, 0.1) is 11.8 Å². The molecule has 4 nitrogen and oxygen atoms in total. The number of benzene rings is 1. The molecule has 0 atom stereocenters. The first-order chi connectivity index (χ1) is 13.0. The van der Waals surface area contributed by atoms with Gasteiger partial charge in [-0.3, -0.25) is 4.98 Å². The van der Waals surface area contributed by atoms with E-state index in [1.807, 2.05) is 38.2 Å². The van der Waals surface area contributed by atoms with Crippen LogP contribution in [0.15, 0.2) is 36.5 Å². The zero-order chi connectivity index (χ0) is 18.9. The van der Waals surface area contributed by atoms with Gasteiger partial charge in [0.1, 0.15) is 11.3 Å². The van der Waals surface area contributed by atoms with E-state index >= 15 is 0 Å². The van der Waals surface area contributed by atoms with Gasteiger partial charge < -0.3 is 15.2 Å². The van der Waals surface area contributed by atoms with Crippen molar-refractivity contribution < 1.29 is 9.84 Å². The summed E-state index contributed by atoms with van der Waals surface area (Å²) in [7, 11) is 0. The Morgan fingerprint density at radius 2 is 1.85 bits per heavy atom. The molecule has 0 bridgehead atoms. The van der Waals surface area contributed by atoms with Crippen LogP contribution in [0.5, 0.6) is 5.75 Å². The van der Waals surface area contributed by atoms with Gasteiger partial charge in [0.05, 0.1) is 11.7 Å². The molecule has 2 N–H and O–H groups in total. The van der Waals surface area contributed by atoms with E-state index in [1.165, 1.54) is 12.8 Å². The Bertz CT molecular complexity index is 751. The quantitative estimate of drug-likeness (QED) is 0.798. The lowest BCUT2D eigenvalue weighted by molar-refractivity contribution is -0.00385. The first-order valence-corrected chi connectivity index (χ1v) is 10.4. The maximum atomic E-state index is 10.2. The summed E-state index contributed by atoms with van der Waals surface area (Å²) in [4.78, 5) is 4.48. The minimum Gasteiger partial charge on any atom is -0.488 e. The topological polar surface area (TPSA) is 54.4 Å². The molecule has 146 valence electrons. The summed E-state index contributed by atoms with van der Waals surface area (Å²) in [6.07, 6.45) is 9.01. The first kappa shape index (κ1) is 18.7. The number of para-hydroxylation sites is 1. The van der Waals surface area contributed by atoms with E-state index in [0.29, 0.717) is 24.0 Å². The lowest BCUT2D eigenvalue weighted by atomic mass is 9.76. The van der Waals surface area contributed by atoms with Crippen molar-refractivity contribution >= 4 is 10.9 Å². The van der Waals surface area contributed by atoms with Crippen LogP contribution in [0.1, 0.15) is 52.4 Å². The Labute approximate surface area is 162 Å². The van der Waals surface area contributed by atoms with Gasteiger partial charge in [-0.05, 0) is 82.9 Å². The van der Waals surface area contributed by atoms with Crippen LogP contribution in [0.4, 0.5) is 0 Å². The number of nitrogens with zero attached hydrogens (tertiary/aromatic N) is 1. The highest BCUT2D eigenvalue weighted by Crippen LogP contribution is 2.35. The van der Waals surface area contributed by atoms with Gasteiger partial charge in [0.15, 0.2) is 0 Å². The molecule has 0 spiro atoms. The van der Waals surface area contributed by atoms with E-state index in [9.17, 15) is 5.11 Å². The van der Waals surface area contributed by atoms with Gasteiger partial charge >= 0.3 is 0 Å². The van der Waals surface area contributed by atoms with Gasteiger partial charge in [0, 0.05) is 17.6 Å². The van der Waals surface area contributed by atoms with Gasteiger partial charge in [0.2, 0.25) is 0 Å². The number of nitrogens with one attached hydrogen (secondary N) is 1. The molecular weight excluding hydrogens is 336 g/mol.